The smallest absolute Gasteiger partial charge is 0.249 e. The van der Waals surface area contributed by atoms with Gasteiger partial charge in [0, 0.05) is 6.54 Å². The highest BCUT2D eigenvalue weighted by molar-refractivity contribution is 4.67. The van der Waals surface area contributed by atoms with Crippen LogP contribution in [0.15, 0.2) is 12.4 Å². The van der Waals surface area contributed by atoms with E-state index in [1.54, 1.807) is 0 Å². The van der Waals surface area contributed by atoms with Gasteiger partial charge in [-0.3, -0.25) is 10.1 Å². The molecule has 0 heterocycles. The molecule has 0 aromatic carbocycles. The second kappa shape index (κ2) is 5.08. The Morgan fingerprint density at radius 3 is 2.89 bits per heavy atom. The monoisotopic (exact) mass is 130 g/mol. The van der Waals surface area contributed by atoms with E-state index in [9.17, 15) is 10.1 Å². The molecule has 52 valence electrons. The summed E-state index contributed by atoms with van der Waals surface area (Å²) in [5.74, 6) is 0. The van der Waals surface area contributed by atoms with Gasteiger partial charge in [-0.05, 0) is 6.42 Å². The molecular formula is C5H10N2O2. The summed E-state index contributed by atoms with van der Waals surface area (Å²) in [6, 6.07) is 0. The van der Waals surface area contributed by atoms with Crippen LogP contribution in [0.3, 0.4) is 0 Å². The summed E-state index contributed by atoms with van der Waals surface area (Å²) >= 11 is 0. The molecule has 4 nitrogen and oxygen atoms in total. The van der Waals surface area contributed by atoms with Gasteiger partial charge in [-0.2, -0.15) is 0 Å². The van der Waals surface area contributed by atoms with Crippen molar-refractivity contribution in [1.82, 2.24) is 5.32 Å². The Morgan fingerprint density at radius 1 is 1.78 bits per heavy atom. The Labute approximate surface area is 53.7 Å². The maximum absolute atomic E-state index is 9.64. The molecule has 0 aliphatic heterocycles. The molecular weight excluding hydrogens is 120 g/mol. The predicted octanol–water partition coefficient (Wildman–Crippen LogP) is 0.734. The summed E-state index contributed by atoms with van der Waals surface area (Å²) in [6.07, 6.45) is 3.20. The van der Waals surface area contributed by atoms with Crippen LogP contribution in [-0.4, -0.2) is 11.5 Å². The van der Waals surface area contributed by atoms with E-state index < -0.39 is 4.92 Å². The minimum Gasteiger partial charge on any atom is -0.386 e. The Morgan fingerprint density at radius 2 is 2.44 bits per heavy atom. The molecule has 0 saturated heterocycles. The van der Waals surface area contributed by atoms with Gasteiger partial charge in [-0.15, -0.1) is 0 Å². The fourth-order valence-corrected chi connectivity index (χ4v) is 0.341. The maximum Gasteiger partial charge on any atom is 0.249 e. The first-order chi connectivity index (χ1) is 4.27. The molecule has 0 aliphatic rings. The van der Waals surface area contributed by atoms with Crippen LogP contribution >= 0.6 is 0 Å². The summed E-state index contributed by atoms with van der Waals surface area (Å²) in [5.41, 5.74) is 0. The van der Waals surface area contributed by atoms with Crippen LogP contribution in [0.2, 0.25) is 0 Å². The van der Waals surface area contributed by atoms with Gasteiger partial charge in [0.05, 0.1) is 11.1 Å². The molecule has 0 amide bonds. The molecule has 0 saturated carbocycles. The largest absolute Gasteiger partial charge is 0.386 e. The van der Waals surface area contributed by atoms with Crippen molar-refractivity contribution in [2.45, 2.75) is 13.3 Å². The van der Waals surface area contributed by atoms with E-state index >= 15 is 0 Å². The van der Waals surface area contributed by atoms with Crippen LogP contribution in [0.4, 0.5) is 0 Å². The SMILES string of the molecule is CCCN/C=C/[N+](=O)[O-]. The number of hydrogen-bond acceptors (Lipinski definition) is 3. The Kier molecular flexibility index (Phi) is 4.49. The average Bonchev–Trinajstić information content (AvgIpc) is 1.80. The lowest BCUT2D eigenvalue weighted by Gasteiger charge is -1.90. The third-order valence-electron chi connectivity index (χ3n) is 0.708. The zero-order valence-corrected chi connectivity index (χ0v) is 5.33. The molecule has 0 fully saturated rings. The zero-order valence-electron chi connectivity index (χ0n) is 5.33. The second-order valence-electron chi connectivity index (χ2n) is 1.56. The maximum atomic E-state index is 9.64. The molecule has 1 N–H and O–H groups in total. The molecule has 0 aliphatic carbocycles. The van der Waals surface area contributed by atoms with E-state index in [0.29, 0.717) is 0 Å². The molecule has 9 heavy (non-hydrogen) atoms. The topological polar surface area (TPSA) is 55.2 Å². The van der Waals surface area contributed by atoms with Gasteiger partial charge in [0.15, 0.2) is 0 Å². The summed E-state index contributed by atoms with van der Waals surface area (Å²) < 4.78 is 0. The Bertz CT molecular complexity index is 112. The Hall–Kier alpha value is -1.06. The first-order valence-corrected chi connectivity index (χ1v) is 2.81. The van der Waals surface area contributed by atoms with E-state index in [-0.39, 0.29) is 0 Å². The van der Waals surface area contributed by atoms with Crippen molar-refractivity contribution in [3.8, 4) is 0 Å². The number of nitrogens with one attached hydrogen (secondary N) is 1. The van der Waals surface area contributed by atoms with Gasteiger partial charge in [-0.1, -0.05) is 6.92 Å². The molecule has 0 spiro atoms. The molecule has 4 heteroatoms. The van der Waals surface area contributed by atoms with Gasteiger partial charge in [0.1, 0.15) is 0 Å². The van der Waals surface area contributed by atoms with Gasteiger partial charge < -0.3 is 5.32 Å². The predicted molar refractivity (Wildman–Crippen MR) is 34.4 cm³/mol. The van der Waals surface area contributed by atoms with Crippen LogP contribution in [-0.2, 0) is 0 Å². The van der Waals surface area contributed by atoms with Crippen molar-refractivity contribution < 1.29 is 4.92 Å². The normalized spacial score (nSPS) is 9.89. The van der Waals surface area contributed by atoms with Crippen LogP contribution in [0.1, 0.15) is 13.3 Å². The zero-order chi connectivity index (χ0) is 7.11. The second-order valence-corrected chi connectivity index (χ2v) is 1.56. The average molecular weight is 130 g/mol. The highest BCUT2D eigenvalue weighted by atomic mass is 16.6. The fourth-order valence-electron chi connectivity index (χ4n) is 0.341. The summed E-state index contributed by atoms with van der Waals surface area (Å²) in [5, 5.41) is 12.4. The molecule has 0 bridgehead atoms. The first kappa shape index (κ1) is 7.94. The molecule has 0 aromatic heterocycles. The van der Waals surface area contributed by atoms with Crippen molar-refractivity contribution >= 4 is 0 Å². The lowest BCUT2D eigenvalue weighted by Crippen LogP contribution is -2.05. The number of rotatable bonds is 4. The van der Waals surface area contributed by atoms with Crippen molar-refractivity contribution in [3.05, 3.63) is 22.5 Å². The van der Waals surface area contributed by atoms with Gasteiger partial charge in [0.2, 0.25) is 6.20 Å². The third kappa shape index (κ3) is 6.94. The van der Waals surface area contributed by atoms with E-state index in [2.05, 4.69) is 5.32 Å². The van der Waals surface area contributed by atoms with Crippen molar-refractivity contribution in [1.29, 1.82) is 0 Å². The van der Waals surface area contributed by atoms with Gasteiger partial charge in [-0.25, -0.2) is 0 Å². The number of nitro groups is 1. The summed E-state index contributed by atoms with van der Waals surface area (Å²) in [7, 11) is 0. The minimum absolute atomic E-state index is 0.497. The van der Waals surface area contributed by atoms with Gasteiger partial charge in [0.25, 0.3) is 0 Å². The standard InChI is InChI=1S/C5H10N2O2/c1-2-3-6-4-5-7(8)9/h4-6H,2-3H2,1H3/b5-4+. The van der Waals surface area contributed by atoms with Crippen LogP contribution in [0, 0.1) is 10.1 Å². The van der Waals surface area contributed by atoms with E-state index in [0.717, 1.165) is 19.2 Å². The summed E-state index contributed by atoms with van der Waals surface area (Å²) in [6.45, 7) is 2.78. The quantitative estimate of drug-likeness (QED) is 0.347. The van der Waals surface area contributed by atoms with E-state index in [1.165, 1.54) is 6.20 Å². The van der Waals surface area contributed by atoms with Crippen LogP contribution in [0.5, 0.6) is 0 Å². The minimum atomic E-state index is -0.497. The number of nitrogens with zero attached hydrogens (tertiary/aromatic N) is 1. The van der Waals surface area contributed by atoms with Crippen molar-refractivity contribution in [3.63, 3.8) is 0 Å². The first-order valence-electron chi connectivity index (χ1n) is 2.81. The van der Waals surface area contributed by atoms with Crippen molar-refractivity contribution in [2.75, 3.05) is 6.54 Å². The van der Waals surface area contributed by atoms with E-state index in [1.807, 2.05) is 6.92 Å². The van der Waals surface area contributed by atoms with Crippen LogP contribution < -0.4 is 5.32 Å². The fraction of sp³-hybridized carbons (Fsp3) is 0.600. The number of hydrogen-bond donors (Lipinski definition) is 1. The molecule has 0 radical (unpaired) electrons. The molecule has 0 aromatic rings. The highest BCUT2D eigenvalue weighted by Gasteiger charge is 1.80. The van der Waals surface area contributed by atoms with Crippen LogP contribution in [0.25, 0.3) is 0 Å². The summed E-state index contributed by atoms with van der Waals surface area (Å²) in [4.78, 5) is 9.14. The molecule has 0 unspecified atom stereocenters. The molecule has 0 rings (SSSR count). The third-order valence-corrected chi connectivity index (χ3v) is 0.708. The molecule has 0 atom stereocenters. The lowest BCUT2D eigenvalue weighted by atomic mass is 10.5. The van der Waals surface area contributed by atoms with Crippen molar-refractivity contribution in [2.24, 2.45) is 0 Å². The lowest BCUT2D eigenvalue weighted by molar-refractivity contribution is -0.402. The van der Waals surface area contributed by atoms with Gasteiger partial charge >= 0.3 is 0 Å². The Balaban J connectivity index is 3.15. The van der Waals surface area contributed by atoms with E-state index in [4.69, 9.17) is 0 Å². The highest BCUT2D eigenvalue weighted by Crippen LogP contribution is 1.71.